The molecule has 5 nitrogen and oxygen atoms in total. The Morgan fingerprint density at radius 3 is 2.90 bits per heavy atom. The van der Waals surface area contributed by atoms with Gasteiger partial charge in [-0.05, 0) is 30.9 Å². The van der Waals surface area contributed by atoms with Crippen molar-refractivity contribution in [1.82, 2.24) is 15.6 Å². The molecule has 108 valence electrons. The van der Waals surface area contributed by atoms with Crippen LogP contribution < -0.4 is 10.6 Å². The van der Waals surface area contributed by atoms with Gasteiger partial charge in [0.1, 0.15) is 0 Å². The van der Waals surface area contributed by atoms with Gasteiger partial charge in [-0.2, -0.15) is 0 Å². The summed E-state index contributed by atoms with van der Waals surface area (Å²) in [4.78, 5) is 14.7. The van der Waals surface area contributed by atoms with Gasteiger partial charge in [0, 0.05) is 36.8 Å². The summed E-state index contributed by atoms with van der Waals surface area (Å²) in [5.74, 6) is 0. The van der Waals surface area contributed by atoms with Crippen molar-refractivity contribution in [3.63, 3.8) is 0 Å². The molecule has 5 heteroatoms. The highest BCUT2D eigenvalue weighted by atomic mass is 16.3. The first-order valence-corrected chi connectivity index (χ1v) is 6.90. The predicted octanol–water partition coefficient (Wildman–Crippen LogP) is 1.70. The van der Waals surface area contributed by atoms with Crippen molar-refractivity contribution in [3.05, 3.63) is 35.5 Å². The van der Waals surface area contributed by atoms with Gasteiger partial charge in [0.2, 0.25) is 0 Å². The maximum absolute atomic E-state index is 11.5. The third-order valence-electron chi connectivity index (χ3n) is 3.31. The lowest BCUT2D eigenvalue weighted by Gasteiger charge is -2.06. The molecule has 2 aromatic rings. The molecule has 1 aromatic heterocycles. The number of aliphatic hydroxyl groups excluding tert-OH is 1. The zero-order valence-corrected chi connectivity index (χ0v) is 11.7. The second kappa shape index (κ2) is 6.96. The number of aromatic amines is 1. The van der Waals surface area contributed by atoms with Gasteiger partial charge in [0.25, 0.3) is 0 Å². The maximum atomic E-state index is 11.5. The van der Waals surface area contributed by atoms with Crippen molar-refractivity contribution in [2.45, 2.75) is 19.8 Å². The highest BCUT2D eigenvalue weighted by Crippen LogP contribution is 2.21. The molecule has 0 bridgehead atoms. The molecule has 0 aliphatic rings. The number of hydrogen-bond acceptors (Lipinski definition) is 2. The Balaban J connectivity index is 1.84. The first-order chi connectivity index (χ1) is 9.72. The van der Waals surface area contributed by atoms with E-state index < -0.39 is 0 Å². The lowest BCUT2D eigenvalue weighted by Crippen LogP contribution is -2.37. The monoisotopic (exact) mass is 275 g/mol. The van der Waals surface area contributed by atoms with Crippen molar-refractivity contribution in [1.29, 1.82) is 0 Å². The molecule has 2 rings (SSSR count). The summed E-state index contributed by atoms with van der Waals surface area (Å²) in [5.41, 5.74) is 3.60. The summed E-state index contributed by atoms with van der Waals surface area (Å²) in [7, 11) is 0. The first kappa shape index (κ1) is 14.4. The summed E-state index contributed by atoms with van der Waals surface area (Å²) in [6, 6.07) is 6.03. The SMILES string of the molecule is Cc1cccc2c(CCNC(=O)NCCCO)c[nH]c12. The second-order valence-corrected chi connectivity index (χ2v) is 4.82. The highest BCUT2D eigenvalue weighted by molar-refractivity contribution is 5.85. The van der Waals surface area contributed by atoms with Crippen LogP contribution in [0.1, 0.15) is 17.5 Å². The van der Waals surface area contributed by atoms with E-state index >= 15 is 0 Å². The van der Waals surface area contributed by atoms with Gasteiger partial charge in [0.15, 0.2) is 0 Å². The van der Waals surface area contributed by atoms with Crippen molar-refractivity contribution in [2.24, 2.45) is 0 Å². The van der Waals surface area contributed by atoms with Crippen LogP contribution in [0.2, 0.25) is 0 Å². The molecule has 0 unspecified atom stereocenters. The number of para-hydroxylation sites is 1. The van der Waals surface area contributed by atoms with Gasteiger partial charge in [0.05, 0.1) is 0 Å². The Kier molecular flexibility index (Phi) is 5.01. The van der Waals surface area contributed by atoms with Gasteiger partial charge < -0.3 is 20.7 Å². The van der Waals surface area contributed by atoms with Gasteiger partial charge in [-0.1, -0.05) is 18.2 Å². The number of hydrogen-bond donors (Lipinski definition) is 4. The molecule has 20 heavy (non-hydrogen) atoms. The summed E-state index contributed by atoms with van der Waals surface area (Å²) >= 11 is 0. The number of rotatable bonds is 6. The van der Waals surface area contributed by atoms with E-state index in [1.165, 1.54) is 16.5 Å². The van der Waals surface area contributed by atoms with E-state index in [1.54, 1.807) is 0 Å². The Morgan fingerprint density at radius 2 is 2.10 bits per heavy atom. The fourth-order valence-electron chi connectivity index (χ4n) is 2.22. The van der Waals surface area contributed by atoms with Gasteiger partial charge in [-0.3, -0.25) is 0 Å². The molecule has 0 aliphatic carbocycles. The number of urea groups is 1. The summed E-state index contributed by atoms with van der Waals surface area (Å²) in [6.07, 6.45) is 3.37. The second-order valence-electron chi connectivity index (χ2n) is 4.82. The summed E-state index contributed by atoms with van der Waals surface area (Å²) in [6.45, 7) is 3.25. The smallest absolute Gasteiger partial charge is 0.314 e. The van der Waals surface area contributed by atoms with Crippen molar-refractivity contribution < 1.29 is 9.90 Å². The third kappa shape index (κ3) is 3.51. The van der Waals surface area contributed by atoms with E-state index in [4.69, 9.17) is 5.11 Å². The molecule has 4 N–H and O–H groups in total. The molecule has 1 aromatic carbocycles. The van der Waals surface area contributed by atoms with Crippen molar-refractivity contribution in [2.75, 3.05) is 19.7 Å². The molecule has 0 aliphatic heterocycles. The molecular weight excluding hydrogens is 254 g/mol. The Hall–Kier alpha value is -2.01. The number of fused-ring (bicyclic) bond motifs is 1. The molecule has 0 saturated carbocycles. The number of H-pyrrole nitrogens is 1. The quantitative estimate of drug-likeness (QED) is 0.606. The normalized spacial score (nSPS) is 10.7. The van der Waals surface area contributed by atoms with E-state index in [2.05, 4.69) is 34.7 Å². The molecule has 0 radical (unpaired) electrons. The number of aromatic nitrogens is 1. The van der Waals surface area contributed by atoms with Crippen LogP contribution in [-0.2, 0) is 6.42 Å². The largest absolute Gasteiger partial charge is 0.396 e. The molecular formula is C15H21N3O2. The van der Waals surface area contributed by atoms with Crippen LogP contribution >= 0.6 is 0 Å². The van der Waals surface area contributed by atoms with Crippen LogP contribution in [0.3, 0.4) is 0 Å². The fourth-order valence-corrected chi connectivity index (χ4v) is 2.22. The average Bonchev–Trinajstić information content (AvgIpc) is 2.84. The molecule has 0 spiro atoms. The highest BCUT2D eigenvalue weighted by Gasteiger charge is 2.05. The molecule has 0 atom stereocenters. The number of amides is 2. The minimum Gasteiger partial charge on any atom is -0.396 e. The van der Waals surface area contributed by atoms with E-state index in [-0.39, 0.29) is 12.6 Å². The lowest BCUT2D eigenvalue weighted by molar-refractivity contribution is 0.238. The molecule has 0 fully saturated rings. The van der Waals surface area contributed by atoms with E-state index in [9.17, 15) is 4.79 Å². The van der Waals surface area contributed by atoms with E-state index in [1.807, 2.05) is 12.3 Å². The van der Waals surface area contributed by atoms with Crippen LogP contribution in [0.25, 0.3) is 10.9 Å². The number of carbonyl (C=O) groups excluding carboxylic acids is 1. The number of nitrogens with one attached hydrogen (secondary N) is 3. The first-order valence-electron chi connectivity index (χ1n) is 6.90. The Labute approximate surface area is 118 Å². The minimum atomic E-state index is -0.186. The summed E-state index contributed by atoms with van der Waals surface area (Å²) < 4.78 is 0. The number of aryl methyl sites for hydroxylation is 1. The topological polar surface area (TPSA) is 77.2 Å². The van der Waals surface area contributed by atoms with Crippen molar-refractivity contribution >= 4 is 16.9 Å². The van der Waals surface area contributed by atoms with E-state index in [0.717, 1.165) is 11.9 Å². The summed E-state index contributed by atoms with van der Waals surface area (Å²) in [5, 5.41) is 15.3. The van der Waals surface area contributed by atoms with Gasteiger partial charge in [-0.15, -0.1) is 0 Å². The fraction of sp³-hybridized carbons (Fsp3) is 0.400. The number of aliphatic hydroxyl groups is 1. The zero-order valence-electron chi connectivity index (χ0n) is 11.7. The van der Waals surface area contributed by atoms with Crippen LogP contribution in [0.5, 0.6) is 0 Å². The predicted molar refractivity (Wildman–Crippen MR) is 79.8 cm³/mol. The van der Waals surface area contributed by atoms with Crippen LogP contribution in [-0.4, -0.2) is 35.8 Å². The van der Waals surface area contributed by atoms with Crippen LogP contribution in [0.4, 0.5) is 4.79 Å². The Morgan fingerprint density at radius 1 is 1.30 bits per heavy atom. The van der Waals surface area contributed by atoms with Gasteiger partial charge >= 0.3 is 6.03 Å². The standard InChI is InChI=1S/C15H21N3O2/c1-11-4-2-5-13-12(10-18-14(11)13)6-8-17-15(20)16-7-3-9-19/h2,4-5,10,18-19H,3,6-9H2,1H3,(H2,16,17,20). The number of carbonyl (C=O) groups is 1. The third-order valence-corrected chi connectivity index (χ3v) is 3.31. The zero-order chi connectivity index (χ0) is 14.4. The molecule has 0 saturated heterocycles. The molecule has 1 heterocycles. The maximum Gasteiger partial charge on any atom is 0.314 e. The van der Waals surface area contributed by atoms with E-state index in [0.29, 0.717) is 19.5 Å². The average molecular weight is 275 g/mol. The lowest BCUT2D eigenvalue weighted by atomic mass is 10.1. The molecule has 2 amide bonds. The Bertz CT molecular complexity index is 578. The minimum absolute atomic E-state index is 0.0922. The van der Waals surface area contributed by atoms with Gasteiger partial charge in [-0.25, -0.2) is 4.79 Å². The van der Waals surface area contributed by atoms with Crippen LogP contribution in [0.15, 0.2) is 24.4 Å². The van der Waals surface area contributed by atoms with Crippen molar-refractivity contribution in [3.8, 4) is 0 Å². The number of benzene rings is 1. The van der Waals surface area contributed by atoms with Crippen LogP contribution in [0, 0.1) is 6.92 Å².